The normalized spacial score (nSPS) is 19.8. The molecule has 0 saturated carbocycles. The van der Waals surface area contributed by atoms with Crippen molar-refractivity contribution in [2.45, 2.75) is 31.6 Å². The first-order valence-electron chi connectivity index (χ1n) is 11.8. The molecule has 2 aliphatic rings. The molecule has 0 bridgehead atoms. The third kappa shape index (κ3) is 6.65. The molecule has 8 nitrogen and oxygen atoms in total. The number of nitrogens with zero attached hydrogens (tertiary/aromatic N) is 3. The van der Waals surface area contributed by atoms with E-state index in [1.54, 1.807) is 6.08 Å². The van der Waals surface area contributed by atoms with Gasteiger partial charge in [-0.1, -0.05) is 41.6 Å². The van der Waals surface area contributed by atoms with Crippen molar-refractivity contribution in [1.82, 2.24) is 10.1 Å². The van der Waals surface area contributed by atoms with E-state index < -0.39 is 6.10 Å². The van der Waals surface area contributed by atoms with E-state index in [1.807, 2.05) is 30.3 Å². The first-order valence-corrected chi connectivity index (χ1v) is 11.8. The van der Waals surface area contributed by atoms with Crippen LogP contribution in [0.3, 0.4) is 0 Å². The van der Waals surface area contributed by atoms with Crippen LogP contribution in [0.2, 0.25) is 0 Å². The number of benzene rings is 1. The average molecular weight is 458 g/mol. The van der Waals surface area contributed by atoms with Crippen LogP contribution in [0.5, 0.6) is 0 Å². The largest absolute Gasteiger partial charge is 0.389 e. The maximum atomic E-state index is 10.6. The smallest absolute Gasteiger partial charge is 0.232 e. The van der Waals surface area contributed by atoms with E-state index in [9.17, 15) is 5.11 Å². The summed E-state index contributed by atoms with van der Waals surface area (Å²) < 4.78 is 22.8. The lowest BCUT2D eigenvalue weighted by atomic mass is 10.1. The molecule has 1 aromatic carbocycles. The zero-order valence-corrected chi connectivity index (χ0v) is 19.2. The standard InChI is InChI=1S/C25H35N3O5/c1-2-12-31-19-21(29)16-27(17-22-9-6-13-32-22)18-23-24(20-7-4-3-5-8-20)26-33-25(23)28-10-14-30-15-11-28/h2-5,7-8,21-22,29H,1,6,9-19H2. The molecular formula is C25H35N3O5. The van der Waals surface area contributed by atoms with Crippen molar-refractivity contribution < 1.29 is 23.8 Å². The fourth-order valence-corrected chi connectivity index (χ4v) is 4.42. The number of aromatic nitrogens is 1. The maximum Gasteiger partial charge on any atom is 0.232 e. The van der Waals surface area contributed by atoms with E-state index in [1.165, 1.54) is 0 Å². The van der Waals surface area contributed by atoms with Crippen LogP contribution in [-0.2, 0) is 20.8 Å². The van der Waals surface area contributed by atoms with E-state index in [0.29, 0.717) is 32.9 Å². The van der Waals surface area contributed by atoms with Crippen molar-refractivity contribution in [3.05, 3.63) is 48.6 Å². The van der Waals surface area contributed by atoms with Crippen molar-refractivity contribution in [2.75, 3.05) is 64.1 Å². The Bertz CT molecular complexity index is 847. The molecule has 0 spiro atoms. The van der Waals surface area contributed by atoms with Crippen LogP contribution >= 0.6 is 0 Å². The van der Waals surface area contributed by atoms with Gasteiger partial charge in [-0.25, -0.2) is 0 Å². The highest BCUT2D eigenvalue weighted by Crippen LogP contribution is 2.33. The Morgan fingerprint density at radius 1 is 1.24 bits per heavy atom. The number of ether oxygens (including phenoxy) is 3. The van der Waals surface area contributed by atoms with Crippen LogP contribution in [0.25, 0.3) is 11.3 Å². The third-order valence-electron chi connectivity index (χ3n) is 6.00. The van der Waals surface area contributed by atoms with Crippen molar-refractivity contribution in [3.63, 3.8) is 0 Å². The number of aliphatic hydroxyl groups excluding tert-OH is 1. The summed E-state index contributed by atoms with van der Waals surface area (Å²) in [4.78, 5) is 4.44. The van der Waals surface area contributed by atoms with Crippen LogP contribution in [0.4, 0.5) is 5.88 Å². The number of rotatable bonds is 12. The highest BCUT2D eigenvalue weighted by molar-refractivity contribution is 5.68. The van der Waals surface area contributed by atoms with Gasteiger partial charge in [-0.15, -0.1) is 6.58 Å². The van der Waals surface area contributed by atoms with Crippen molar-refractivity contribution >= 4 is 5.88 Å². The van der Waals surface area contributed by atoms with E-state index >= 15 is 0 Å². The minimum Gasteiger partial charge on any atom is -0.389 e. The Morgan fingerprint density at radius 2 is 2.06 bits per heavy atom. The Kier molecular flexibility index (Phi) is 8.91. The molecule has 2 atom stereocenters. The summed E-state index contributed by atoms with van der Waals surface area (Å²) in [7, 11) is 0. The van der Waals surface area contributed by atoms with E-state index in [0.717, 1.165) is 61.8 Å². The highest BCUT2D eigenvalue weighted by Gasteiger charge is 2.28. The lowest BCUT2D eigenvalue weighted by Gasteiger charge is -2.30. The molecule has 33 heavy (non-hydrogen) atoms. The molecule has 1 N–H and O–H groups in total. The van der Waals surface area contributed by atoms with E-state index in [2.05, 4.69) is 21.5 Å². The summed E-state index contributed by atoms with van der Waals surface area (Å²) in [6, 6.07) is 10.1. The van der Waals surface area contributed by atoms with Crippen LogP contribution in [0.15, 0.2) is 47.5 Å². The number of anilines is 1. The van der Waals surface area contributed by atoms with Gasteiger partial charge in [0.05, 0.1) is 44.2 Å². The van der Waals surface area contributed by atoms with Crippen LogP contribution < -0.4 is 4.90 Å². The van der Waals surface area contributed by atoms with Gasteiger partial charge in [-0.2, -0.15) is 0 Å². The molecule has 0 amide bonds. The molecule has 3 heterocycles. The molecule has 2 aliphatic heterocycles. The second kappa shape index (κ2) is 12.3. The van der Waals surface area contributed by atoms with Crippen molar-refractivity contribution in [2.24, 2.45) is 0 Å². The Balaban J connectivity index is 1.58. The quantitative estimate of drug-likeness (QED) is 0.385. The van der Waals surface area contributed by atoms with Gasteiger partial charge in [0, 0.05) is 44.9 Å². The molecule has 180 valence electrons. The molecule has 0 radical (unpaired) electrons. The summed E-state index contributed by atoms with van der Waals surface area (Å²) in [5, 5.41) is 15.1. The van der Waals surface area contributed by atoms with Gasteiger partial charge in [0.2, 0.25) is 5.88 Å². The zero-order chi connectivity index (χ0) is 22.9. The summed E-state index contributed by atoms with van der Waals surface area (Å²) in [6.07, 6.45) is 3.35. The van der Waals surface area contributed by atoms with Gasteiger partial charge in [-0.3, -0.25) is 4.90 Å². The fraction of sp³-hybridized carbons (Fsp3) is 0.560. The third-order valence-corrected chi connectivity index (χ3v) is 6.00. The molecule has 0 aliphatic carbocycles. The molecule has 2 unspecified atom stereocenters. The fourth-order valence-electron chi connectivity index (χ4n) is 4.42. The Labute approximate surface area is 195 Å². The first kappa shape index (κ1) is 23.9. The molecule has 2 saturated heterocycles. The van der Waals surface area contributed by atoms with Gasteiger partial charge < -0.3 is 28.7 Å². The Hall–Kier alpha value is -2.23. The van der Waals surface area contributed by atoms with E-state index in [4.69, 9.17) is 18.7 Å². The van der Waals surface area contributed by atoms with Gasteiger partial charge in [0.25, 0.3) is 0 Å². The number of morpholine rings is 1. The minimum atomic E-state index is -0.613. The molecular weight excluding hydrogens is 422 g/mol. The highest BCUT2D eigenvalue weighted by atomic mass is 16.5. The number of hydrogen-bond acceptors (Lipinski definition) is 8. The van der Waals surface area contributed by atoms with Crippen molar-refractivity contribution in [1.29, 1.82) is 0 Å². The van der Waals surface area contributed by atoms with Gasteiger partial charge in [0.1, 0.15) is 5.69 Å². The number of aliphatic hydroxyl groups is 1. The lowest BCUT2D eigenvalue weighted by Crippen LogP contribution is -2.40. The summed E-state index contributed by atoms with van der Waals surface area (Å²) in [5.74, 6) is 0.784. The predicted octanol–water partition coefficient (Wildman–Crippen LogP) is 2.72. The van der Waals surface area contributed by atoms with Crippen LogP contribution in [0, 0.1) is 0 Å². The molecule has 2 fully saturated rings. The lowest BCUT2D eigenvalue weighted by molar-refractivity contribution is 0.00857. The Morgan fingerprint density at radius 3 is 2.79 bits per heavy atom. The summed E-state index contributed by atoms with van der Waals surface area (Å²) >= 11 is 0. The zero-order valence-electron chi connectivity index (χ0n) is 19.2. The summed E-state index contributed by atoms with van der Waals surface area (Å²) in [5.41, 5.74) is 2.88. The van der Waals surface area contributed by atoms with Gasteiger partial charge in [-0.05, 0) is 12.8 Å². The molecule has 4 rings (SSSR count). The average Bonchev–Trinajstić information content (AvgIpc) is 3.50. The molecule has 2 aromatic rings. The second-order valence-corrected chi connectivity index (χ2v) is 8.59. The van der Waals surface area contributed by atoms with Crippen LogP contribution in [-0.4, -0.2) is 86.6 Å². The molecule has 1 aromatic heterocycles. The minimum absolute atomic E-state index is 0.165. The van der Waals surface area contributed by atoms with E-state index in [-0.39, 0.29) is 12.7 Å². The van der Waals surface area contributed by atoms with Gasteiger partial charge >= 0.3 is 0 Å². The maximum absolute atomic E-state index is 10.6. The summed E-state index contributed by atoms with van der Waals surface area (Å²) in [6.45, 7) is 9.81. The topological polar surface area (TPSA) is 80.4 Å². The predicted molar refractivity (Wildman–Crippen MR) is 126 cm³/mol. The van der Waals surface area contributed by atoms with Gasteiger partial charge in [0.15, 0.2) is 0 Å². The monoisotopic (exact) mass is 457 g/mol. The second-order valence-electron chi connectivity index (χ2n) is 8.59. The SMILES string of the molecule is C=CCOCC(O)CN(Cc1c(-c2ccccc2)noc1N1CCOCC1)CC1CCCO1. The molecule has 8 heteroatoms. The van der Waals surface area contributed by atoms with Crippen molar-refractivity contribution in [3.8, 4) is 11.3 Å². The first-order chi connectivity index (χ1) is 16.2. The number of hydrogen-bond donors (Lipinski definition) is 1. The van der Waals surface area contributed by atoms with Crippen LogP contribution in [0.1, 0.15) is 18.4 Å².